The molecule has 4 rings (SSSR count). The number of hydrogen-bond acceptors (Lipinski definition) is 7. The summed E-state index contributed by atoms with van der Waals surface area (Å²) in [6, 6.07) is 10.4. The van der Waals surface area contributed by atoms with E-state index in [0.717, 1.165) is 0 Å². The summed E-state index contributed by atoms with van der Waals surface area (Å²) in [6.07, 6.45) is 0. The van der Waals surface area contributed by atoms with E-state index in [1.807, 2.05) is 19.0 Å². The molecule has 0 atom stereocenters. The minimum atomic E-state index is -0.452. The van der Waals surface area contributed by atoms with Gasteiger partial charge < -0.3 is 20.6 Å². The lowest BCUT2D eigenvalue weighted by atomic mass is 10.1. The summed E-state index contributed by atoms with van der Waals surface area (Å²) >= 11 is 0. The standard InChI is InChI=1S/C23H27N5O4.ClH/c1-26(2)12-13-27-22(31)16-7-8-17(25-10-9-24-11-14-29)19-20(16)28(23(27)32)18-6-4-3-5-15(18)21(19)30;/h3-8,24-25,29H,9-14H2,1-2H3;1H. The summed E-state index contributed by atoms with van der Waals surface area (Å²) in [5, 5.41) is 16.3. The number of aromatic nitrogens is 2. The molecule has 10 heteroatoms. The lowest BCUT2D eigenvalue weighted by Crippen LogP contribution is -2.40. The van der Waals surface area contributed by atoms with Crippen LogP contribution in [0.15, 0.2) is 50.8 Å². The number of para-hydroxylation sites is 1. The lowest BCUT2D eigenvalue weighted by Gasteiger charge is -2.17. The van der Waals surface area contributed by atoms with Gasteiger partial charge in [0.25, 0.3) is 5.56 Å². The van der Waals surface area contributed by atoms with Gasteiger partial charge in [0.05, 0.1) is 28.4 Å². The summed E-state index contributed by atoms with van der Waals surface area (Å²) in [5.74, 6) is 0. The van der Waals surface area contributed by atoms with Gasteiger partial charge in [-0.2, -0.15) is 0 Å². The van der Waals surface area contributed by atoms with Gasteiger partial charge >= 0.3 is 5.69 Å². The Labute approximate surface area is 196 Å². The minimum Gasteiger partial charge on any atom is -0.395 e. The molecule has 0 bridgehead atoms. The molecule has 33 heavy (non-hydrogen) atoms. The third-order valence-electron chi connectivity index (χ3n) is 5.59. The van der Waals surface area contributed by atoms with Crippen LogP contribution in [0.2, 0.25) is 0 Å². The highest BCUT2D eigenvalue weighted by molar-refractivity contribution is 6.07. The van der Waals surface area contributed by atoms with E-state index in [1.165, 1.54) is 8.97 Å². The summed E-state index contributed by atoms with van der Waals surface area (Å²) in [4.78, 5) is 42.1. The van der Waals surface area contributed by atoms with Crippen LogP contribution in [0.4, 0.5) is 5.69 Å². The van der Waals surface area contributed by atoms with Gasteiger partial charge in [0.2, 0.25) is 0 Å². The van der Waals surface area contributed by atoms with Crippen molar-refractivity contribution in [2.45, 2.75) is 6.54 Å². The monoisotopic (exact) mass is 473 g/mol. The van der Waals surface area contributed by atoms with Crippen LogP contribution in [0.25, 0.3) is 27.2 Å². The van der Waals surface area contributed by atoms with Crippen molar-refractivity contribution in [3.8, 4) is 0 Å². The van der Waals surface area contributed by atoms with E-state index in [4.69, 9.17) is 5.11 Å². The van der Waals surface area contributed by atoms with Crippen molar-refractivity contribution in [2.75, 3.05) is 52.2 Å². The van der Waals surface area contributed by atoms with E-state index in [2.05, 4.69) is 10.6 Å². The summed E-state index contributed by atoms with van der Waals surface area (Å²) in [5.41, 5.74) is 0.335. The highest BCUT2D eigenvalue weighted by Crippen LogP contribution is 2.26. The molecular weight excluding hydrogens is 446 g/mol. The van der Waals surface area contributed by atoms with Crippen LogP contribution in [-0.4, -0.2) is 65.9 Å². The van der Waals surface area contributed by atoms with E-state index < -0.39 is 11.2 Å². The van der Waals surface area contributed by atoms with E-state index in [0.29, 0.717) is 59.1 Å². The summed E-state index contributed by atoms with van der Waals surface area (Å²) < 4.78 is 2.73. The van der Waals surface area contributed by atoms with E-state index in [9.17, 15) is 14.4 Å². The zero-order valence-electron chi connectivity index (χ0n) is 18.6. The molecule has 2 aromatic heterocycles. The van der Waals surface area contributed by atoms with Crippen molar-refractivity contribution in [3.63, 3.8) is 0 Å². The lowest BCUT2D eigenvalue weighted by molar-refractivity contribution is 0.293. The molecule has 0 spiro atoms. The Morgan fingerprint density at radius 1 is 0.970 bits per heavy atom. The second kappa shape index (κ2) is 10.3. The van der Waals surface area contributed by atoms with Crippen LogP contribution in [0.5, 0.6) is 0 Å². The summed E-state index contributed by atoms with van der Waals surface area (Å²) in [6.45, 7) is 2.41. The topological polar surface area (TPSA) is 108 Å². The van der Waals surface area contributed by atoms with Gasteiger partial charge in [0.1, 0.15) is 0 Å². The van der Waals surface area contributed by atoms with Crippen LogP contribution in [0.1, 0.15) is 0 Å². The van der Waals surface area contributed by atoms with E-state index in [-0.39, 0.29) is 31.0 Å². The Hall–Kier alpha value is -2.98. The average molecular weight is 474 g/mol. The average Bonchev–Trinajstić information content (AvgIpc) is 2.78. The van der Waals surface area contributed by atoms with E-state index in [1.54, 1.807) is 36.4 Å². The third kappa shape index (κ3) is 4.45. The van der Waals surface area contributed by atoms with Crippen LogP contribution in [0.3, 0.4) is 0 Å². The predicted molar refractivity (Wildman–Crippen MR) is 135 cm³/mol. The van der Waals surface area contributed by atoms with Gasteiger partial charge in [-0.1, -0.05) is 12.1 Å². The molecule has 0 amide bonds. The molecule has 0 aliphatic rings. The van der Waals surface area contributed by atoms with Crippen molar-refractivity contribution >= 4 is 45.3 Å². The highest BCUT2D eigenvalue weighted by Gasteiger charge is 2.20. The summed E-state index contributed by atoms with van der Waals surface area (Å²) in [7, 11) is 3.76. The van der Waals surface area contributed by atoms with Crippen molar-refractivity contribution in [3.05, 3.63) is 67.5 Å². The Morgan fingerprint density at radius 2 is 1.73 bits per heavy atom. The number of fused-ring (bicyclic) bond motifs is 2. The molecular formula is C23H28ClN5O4. The number of pyridine rings is 1. The molecule has 0 unspecified atom stereocenters. The number of benzene rings is 2. The smallest absolute Gasteiger partial charge is 0.336 e. The molecule has 9 nitrogen and oxygen atoms in total. The molecule has 0 saturated heterocycles. The Balaban J connectivity index is 0.00000306. The maximum atomic E-state index is 13.5. The number of anilines is 1. The van der Waals surface area contributed by atoms with Crippen LogP contribution < -0.4 is 27.3 Å². The normalized spacial score (nSPS) is 11.5. The second-order valence-corrected chi connectivity index (χ2v) is 8.01. The van der Waals surface area contributed by atoms with E-state index >= 15 is 0 Å². The van der Waals surface area contributed by atoms with Gasteiger partial charge in [-0.15, -0.1) is 12.4 Å². The number of rotatable bonds is 9. The van der Waals surface area contributed by atoms with Crippen molar-refractivity contribution in [1.29, 1.82) is 0 Å². The van der Waals surface area contributed by atoms with Crippen LogP contribution in [-0.2, 0) is 6.54 Å². The molecule has 3 N–H and O–H groups in total. The Morgan fingerprint density at radius 3 is 2.45 bits per heavy atom. The van der Waals surface area contributed by atoms with Gasteiger partial charge in [-0.3, -0.25) is 18.6 Å². The number of likely N-dealkylation sites (N-methyl/N-ethyl adjacent to an activating group) is 1. The van der Waals surface area contributed by atoms with Crippen molar-refractivity contribution in [1.82, 2.24) is 19.2 Å². The van der Waals surface area contributed by atoms with Crippen LogP contribution in [0, 0.1) is 0 Å². The van der Waals surface area contributed by atoms with Crippen molar-refractivity contribution in [2.24, 2.45) is 0 Å². The third-order valence-corrected chi connectivity index (χ3v) is 5.59. The quantitative estimate of drug-likeness (QED) is 0.185. The zero-order valence-corrected chi connectivity index (χ0v) is 19.4. The first-order valence-electron chi connectivity index (χ1n) is 10.6. The molecule has 0 radical (unpaired) electrons. The molecule has 0 fully saturated rings. The fourth-order valence-corrected chi connectivity index (χ4v) is 4.03. The fourth-order valence-electron chi connectivity index (χ4n) is 4.03. The van der Waals surface area contributed by atoms with Gasteiger partial charge in [0, 0.05) is 43.8 Å². The molecule has 0 aliphatic heterocycles. The van der Waals surface area contributed by atoms with Crippen LogP contribution >= 0.6 is 12.4 Å². The first-order chi connectivity index (χ1) is 15.5. The number of aliphatic hydroxyl groups is 1. The predicted octanol–water partition coefficient (Wildman–Crippen LogP) is 0.543. The fraction of sp³-hybridized carbons (Fsp3) is 0.348. The Kier molecular flexibility index (Phi) is 7.70. The largest absolute Gasteiger partial charge is 0.395 e. The maximum absolute atomic E-state index is 13.5. The first-order valence-corrected chi connectivity index (χ1v) is 10.6. The molecule has 0 saturated carbocycles. The SMILES string of the molecule is CN(C)CCn1c(=O)c2ccc(NCCNCCO)c3c(=O)c4ccccc4n(c1=O)c23.Cl. The molecule has 2 heterocycles. The minimum absolute atomic E-state index is 0. The number of aliphatic hydroxyl groups excluding tert-OH is 1. The molecule has 176 valence electrons. The molecule has 2 aromatic carbocycles. The van der Waals surface area contributed by atoms with Crippen molar-refractivity contribution < 1.29 is 5.11 Å². The number of nitrogens with one attached hydrogen (secondary N) is 2. The highest BCUT2D eigenvalue weighted by atomic mass is 35.5. The molecule has 4 aromatic rings. The van der Waals surface area contributed by atoms with Gasteiger partial charge in [-0.05, 0) is 38.4 Å². The first kappa shape index (κ1) is 24.7. The number of halogens is 1. The number of nitrogens with zero attached hydrogens (tertiary/aromatic N) is 3. The van der Waals surface area contributed by atoms with Gasteiger partial charge in [-0.25, -0.2) is 4.79 Å². The molecule has 0 aliphatic carbocycles. The Bertz CT molecular complexity index is 1450. The maximum Gasteiger partial charge on any atom is 0.336 e. The second-order valence-electron chi connectivity index (χ2n) is 8.01. The van der Waals surface area contributed by atoms with Gasteiger partial charge in [0.15, 0.2) is 5.43 Å². The zero-order chi connectivity index (χ0) is 22.8. The number of hydrogen-bond donors (Lipinski definition) is 3.